The zero-order valence-electron chi connectivity index (χ0n) is 47.7. The number of nitrogens with zero attached hydrogens (tertiary/aromatic N) is 4. The predicted molar refractivity (Wildman–Crippen MR) is 337 cm³/mol. The molecule has 398 valence electrons. The Morgan fingerprint density at radius 2 is 1.00 bits per heavy atom. The van der Waals surface area contributed by atoms with Crippen LogP contribution < -0.4 is 9.30 Å². The molecule has 0 bridgehead atoms. The van der Waals surface area contributed by atoms with E-state index < -0.39 is 0 Å². The molecule has 5 nitrogen and oxygen atoms in total. The first kappa shape index (κ1) is 48.2. The molecule has 0 fully saturated rings. The topological polar surface area (TPSA) is 35.9 Å². The summed E-state index contributed by atoms with van der Waals surface area (Å²) in [4.78, 5) is 4.96. The van der Waals surface area contributed by atoms with Crippen molar-refractivity contribution < 1.29 is 9.30 Å². The highest BCUT2D eigenvalue weighted by molar-refractivity contribution is 6.09. The fourth-order valence-electron chi connectivity index (χ4n) is 16.7. The summed E-state index contributed by atoms with van der Waals surface area (Å²) < 4.78 is 13.8. The molecule has 4 heterocycles. The molecule has 10 aromatic carbocycles. The smallest absolute Gasteiger partial charge is 0.269 e. The Balaban J connectivity index is 0.878. The summed E-state index contributed by atoms with van der Waals surface area (Å²) in [7, 11) is 0. The van der Waals surface area contributed by atoms with Crippen molar-refractivity contribution in [3.05, 3.63) is 282 Å². The van der Waals surface area contributed by atoms with E-state index in [4.69, 9.17) is 9.72 Å². The number of fused-ring (bicyclic) bond motifs is 19. The molecule has 13 aromatic rings. The van der Waals surface area contributed by atoms with E-state index >= 15 is 0 Å². The molecule has 83 heavy (non-hydrogen) atoms. The van der Waals surface area contributed by atoms with Crippen LogP contribution in [0.25, 0.3) is 94.5 Å². The van der Waals surface area contributed by atoms with E-state index in [0.717, 1.165) is 72.8 Å². The van der Waals surface area contributed by atoms with Gasteiger partial charge in [-0.1, -0.05) is 206 Å². The number of hydrogen-bond acceptors (Lipinski definition) is 2. The third kappa shape index (κ3) is 6.06. The first-order valence-electron chi connectivity index (χ1n) is 29.3. The minimum atomic E-state index is -0.282. The quantitative estimate of drug-likeness (QED) is 0.127. The second kappa shape index (κ2) is 16.5. The molecule has 0 spiro atoms. The second-order valence-corrected chi connectivity index (χ2v) is 25.4. The average Bonchev–Trinajstić information content (AvgIpc) is 1.45. The molecule has 17 rings (SSSR count). The summed E-state index contributed by atoms with van der Waals surface area (Å²) in [5.74, 6) is 2.35. The van der Waals surface area contributed by atoms with Crippen LogP contribution in [-0.2, 0) is 21.7 Å². The lowest BCUT2D eigenvalue weighted by molar-refractivity contribution is -0.571. The van der Waals surface area contributed by atoms with Crippen molar-refractivity contribution in [1.29, 1.82) is 0 Å². The van der Waals surface area contributed by atoms with Crippen LogP contribution in [-0.4, -0.2) is 14.1 Å². The summed E-state index contributed by atoms with van der Waals surface area (Å²) in [6, 6.07) is 85.6. The molecule has 0 radical (unpaired) electrons. The number of rotatable bonds is 5. The first-order valence-corrected chi connectivity index (χ1v) is 29.3. The van der Waals surface area contributed by atoms with Gasteiger partial charge in [-0.2, -0.15) is 0 Å². The van der Waals surface area contributed by atoms with Gasteiger partial charge in [0.05, 0.1) is 33.4 Å². The van der Waals surface area contributed by atoms with Gasteiger partial charge in [0.1, 0.15) is 17.3 Å². The number of para-hydroxylation sites is 2. The monoisotopic (exact) mass is 1070 g/mol. The van der Waals surface area contributed by atoms with E-state index in [0.29, 0.717) is 0 Å². The maximum atomic E-state index is 7.00. The van der Waals surface area contributed by atoms with Gasteiger partial charge < -0.3 is 4.74 Å². The summed E-state index contributed by atoms with van der Waals surface area (Å²) >= 11 is 0. The molecule has 3 aliphatic carbocycles. The third-order valence-electron chi connectivity index (χ3n) is 20.9. The Hall–Kier alpha value is -9.58. The lowest BCUT2D eigenvalue weighted by atomic mass is 9.52. The van der Waals surface area contributed by atoms with Crippen LogP contribution in [0.3, 0.4) is 0 Å². The molecule has 0 amide bonds. The van der Waals surface area contributed by atoms with Crippen molar-refractivity contribution in [3.8, 4) is 73.2 Å². The van der Waals surface area contributed by atoms with Gasteiger partial charge in [0.25, 0.3) is 6.33 Å². The lowest BCUT2D eigenvalue weighted by Crippen LogP contribution is -2.51. The Labute approximate surface area is 484 Å². The zero-order chi connectivity index (χ0) is 55.9. The summed E-state index contributed by atoms with van der Waals surface area (Å²) in [6.45, 7) is 17.0. The van der Waals surface area contributed by atoms with Crippen molar-refractivity contribution in [2.45, 2.75) is 70.1 Å². The van der Waals surface area contributed by atoms with E-state index in [9.17, 15) is 0 Å². The molecule has 1 aliphatic heterocycles. The van der Waals surface area contributed by atoms with Gasteiger partial charge in [-0.05, 0) is 156 Å². The minimum Gasteiger partial charge on any atom is -0.458 e. The highest BCUT2D eigenvalue weighted by Gasteiger charge is 2.79. The van der Waals surface area contributed by atoms with Gasteiger partial charge in [-0.15, -0.1) is 0 Å². The molecule has 3 aromatic heterocycles. The second-order valence-electron chi connectivity index (χ2n) is 25.4. The molecule has 4 aliphatic rings. The molecular formula is C78H60N4O. The van der Waals surface area contributed by atoms with Crippen LogP contribution in [0.15, 0.2) is 237 Å². The first-order chi connectivity index (χ1) is 40.3. The van der Waals surface area contributed by atoms with Gasteiger partial charge in [0.15, 0.2) is 0 Å². The summed E-state index contributed by atoms with van der Waals surface area (Å²) in [6.07, 6.45) is 5.94. The van der Waals surface area contributed by atoms with E-state index in [1.165, 1.54) is 72.1 Å². The van der Waals surface area contributed by atoms with Crippen molar-refractivity contribution in [2.75, 3.05) is 0 Å². The van der Waals surface area contributed by atoms with E-state index in [1.54, 1.807) is 0 Å². The number of pyridine rings is 1. The highest BCUT2D eigenvalue weighted by atomic mass is 16.5. The van der Waals surface area contributed by atoms with Crippen LogP contribution in [0, 0.1) is 11.7 Å². The molecule has 5 heteroatoms. The fraction of sp³-hybridized carbons (Fsp3) is 0.154. The molecular weight excluding hydrogens is 1010 g/mol. The van der Waals surface area contributed by atoms with E-state index in [-0.39, 0.29) is 27.1 Å². The molecule has 0 saturated carbocycles. The van der Waals surface area contributed by atoms with Gasteiger partial charge in [-0.3, -0.25) is 13.7 Å². The molecule has 0 N–H and O–H groups in total. The van der Waals surface area contributed by atoms with Gasteiger partial charge in [0, 0.05) is 44.7 Å². The maximum absolute atomic E-state index is 7.00. The van der Waals surface area contributed by atoms with Gasteiger partial charge in [-0.25, -0.2) is 4.98 Å². The average molecular weight is 1070 g/mol. The van der Waals surface area contributed by atoms with Crippen molar-refractivity contribution in [1.82, 2.24) is 14.1 Å². The van der Waals surface area contributed by atoms with Crippen LogP contribution in [0.1, 0.15) is 87.4 Å². The zero-order valence-corrected chi connectivity index (χ0v) is 47.7. The Morgan fingerprint density at radius 3 is 1.69 bits per heavy atom. The van der Waals surface area contributed by atoms with Crippen molar-refractivity contribution in [3.63, 3.8) is 0 Å². The van der Waals surface area contributed by atoms with Gasteiger partial charge in [0.2, 0.25) is 0 Å². The summed E-state index contributed by atoms with van der Waals surface area (Å²) in [5.41, 5.74) is 24.6. The Morgan fingerprint density at radius 1 is 0.434 bits per heavy atom. The minimum absolute atomic E-state index is 0.0357. The SMILES string of the molecule is CC(C)(C)c1ccnc(-n2c3ccccc3c3ccc(Oc4cccc(-n5[c-][n+]6c7c(cc(-c8ccc9c(c8)C8(C)c%10ccccc%10C%10(C)c%11ccccc%11C9(C)C%108C)cc75)-c5ccccc5-c5ccccc5-c5ccccc5-6)c4)cc32)c1. The lowest BCUT2D eigenvalue weighted by Gasteiger charge is -2.49. The van der Waals surface area contributed by atoms with E-state index in [2.05, 4.69) is 299 Å². The predicted octanol–water partition coefficient (Wildman–Crippen LogP) is 18.5. The maximum Gasteiger partial charge on any atom is 0.269 e. The number of hydrogen-bond donors (Lipinski definition) is 0. The van der Waals surface area contributed by atoms with Crippen LogP contribution >= 0.6 is 0 Å². The largest absolute Gasteiger partial charge is 0.458 e. The van der Waals surface area contributed by atoms with Crippen molar-refractivity contribution >= 4 is 32.8 Å². The van der Waals surface area contributed by atoms with Crippen LogP contribution in [0.2, 0.25) is 0 Å². The van der Waals surface area contributed by atoms with E-state index in [1.807, 2.05) is 6.20 Å². The molecule has 4 unspecified atom stereocenters. The molecule has 0 saturated heterocycles. The number of benzene rings is 10. The highest BCUT2D eigenvalue weighted by Crippen LogP contribution is 2.82. The van der Waals surface area contributed by atoms with Gasteiger partial charge >= 0.3 is 0 Å². The standard InChI is InChI=1S/C78H60N4O/c1-74(2,3)50-39-40-79-72(44-50)82-69-34-19-13-28-59(69)60-37-36-53(46-70(60)82)83-52-22-20-21-51(45-52)80-47-81-68-33-18-12-27-58(68)56-25-10-8-23-54(56)55-24-9-11-26-57(55)61-41-49(43-71(80)73(61)81)48-35-38-66-67(42-48)77(6)65-32-17-16-31-64(65)75(4)62-29-14-15-30-63(62)76(66,5)78(75,77)7/h8-46H,1-7H3. The Bertz CT molecular complexity index is 4970. The Kier molecular flexibility index (Phi) is 9.60. The van der Waals surface area contributed by atoms with Crippen LogP contribution in [0.4, 0.5) is 0 Å². The third-order valence-corrected chi connectivity index (χ3v) is 20.9. The fourth-order valence-corrected chi connectivity index (χ4v) is 16.7. The normalized spacial score (nSPS) is 20.4. The number of ether oxygens (including phenoxy) is 1. The van der Waals surface area contributed by atoms with Crippen LogP contribution in [0.5, 0.6) is 11.5 Å². The summed E-state index contributed by atoms with van der Waals surface area (Å²) in [5, 5.41) is 2.32. The number of aromatic nitrogens is 4. The number of imidazole rings is 1. The van der Waals surface area contributed by atoms with Crippen molar-refractivity contribution in [2.24, 2.45) is 5.41 Å². The molecule has 4 atom stereocenters.